The maximum absolute atomic E-state index is 9.77. The Balaban J connectivity index is 1.73. The normalized spacial score (nSPS) is 15.1. The van der Waals surface area contributed by atoms with Crippen LogP contribution in [0.3, 0.4) is 0 Å². The number of benzene rings is 2. The minimum atomic E-state index is -0.471. The zero-order valence-corrected chi connectivity index (χ0v) is 19.0. The number of aromatic amines is 1. The predicted octanol–water partition coefficient (Wildman–Crippen LogP) is 4.94. The molecule has 1 aliphatic rings. The van der Waals surface area contributed by atoms with Crippen LogP contribution in [0.15, 0.2) is 52.3 Å². The molecule has 0 radical (unpaired) electrons. The molecule has 7 nitrogen and oxygen atoms in total. The van der Waals surface area contributed by atoms with Gasteiger partial charge in [-0.2, -0.15) is 5.26 Å². The number of nitrogens with two attached hydrogens (primary N) is 1. The van der Waals surface area contributed by atoms with Gasteiger partial charge in [-0.25, -0.2) is 0 Å². The Morgan fingerprint density at radius 3 is 2.71 bits per heavy atom. The molecule has 9 heteroatoms. The third-order valence-corrected chi connectivity index (χ3v) is 5.97. The molecule has 158 valence electrons. The van der Waals surface area contributed by atoms with Crippen LogP contribution in [-0.4, -0.2) is 17.3 Å². The first-order valence-corrected chi connectivity index (χ1v) is 10.5. The van der Waals surface area contributed by atoms with Gasteiger partial charge in [0.05, 0.1) is 13.0 Å². The summed E-state index contributed by atoms with van der Waals surface area (Å²) < 4.78 is 17.8. The summed E-state index contributed by atoms with van der Waals surface area (Å²) in [4.78, 5) is 0. The summed E-state index contributed by atoms with van der Waals surface area (Å²) >= 11 is 9.57. The molecule has 0 fully saturated rings. The van der Waals surface area contributed by atoms with E-state index in [1.807, 2.05) is 43.3 Å². The van der Waals surface area contributed by atoms with Gasteiger partial charge in [0.2, 0.25) is 11.8 Å². The van der Waals surface area contributed by atoms with Crippen LogP contribution < -0.4 is 19.9 Å². The van der Waals surface area contributed by atoms with Crippen molar-refractivity contribution in [2.45, 2.75) is 19.4 Å². The van der Waals surface area contributed by atoms with Crippen LogP contribution in [0.5, 0.6) is 17.4 Å². The van der Waals surface area contributed by atoms with E-state index in [0.29, 0.717) is 34.6 Å². The number of ether oxygens (including phenoxy) is 3. The van der Waals surface area contributed by atoms with Gasteiger partial charge in [0.1, 0.15) is 18.2 Å². The van der Waals surface area contributed by atoms with Gasteiger partial charge >= 0.3 is 0 Å². The molecular weight excluding hydrogens is 484 g/mol. The fourth-order valence-electron chi connectivity index (χ4n) is 3.50. The number of nitrogens with one attached hydrogen (secondary N) is 1. The average molecular weight is 502 g/mol. The first kappa shape index (κ1) is 21.1. The van der Waals surface area contributed by atoms with Gasteiger partial charge in [0.25, 0.3) is 0 Å². The van der Waals surface area contributed by atoms with Crippen LogP contribution in [-0.2, 0) is 6.61 Å². The highest BCUT2D eigenvalue weighted by Gasteiger charge is 2.36. The molecular formula is C22H18BrClN4O3. The molecule has 4 rings (SSSR count). The lowest BCUT2D eigenvalue weighted by molar-refractivity contribution is 0.284. The maximum Gasteiger partial charge on any atom is 0.244 e. The van der Waals surface area contributed by atoms with Gasteiger partial charge in [0, 0.05) is 20.8 Å². The van der Waals surface area contributed by atoms with Crippen molar-refractivity contribution < 1.29 is 14.2 Å². The lowest BCUT2D eigenvalue weighted by atomic mass is 9.84. The van der Waals surface area contributed by atoms with Gasteiger partial charge in [0.15, 0.2) is 11.5 Å². The van der Waals surface area contributed by atoms with Gasteiger partial charge in [-0.3, -0.25) is 5.10 Å². The molecule has 0 amide bonds. The monoisotopic (exact) mass is 500 g/mol. The summed E-state index contributed by atoms with van der Waals surface area (Å²) in [6.45, 7) is 2.21. The molecule has 2 aromatic carbocycles. The fourth-order valence-corrected chi connectivity index (χ4v) is 4.17. The van der Waals surface area contributed by atoms with Crippen molar-refractivity contribution in [1.29, 1.82) is 5.26 Å². The number of nitriles is 1. The van der Waals surface area contributed by atoms with Crippen molar-refractivity contribution in [1.82, 2.24) is 10.2 Å². The maximum atomic E-state index is 9.77. The third-order valence-electron chi connectivity index (χ3n) is 5.03. The highest BCUT2D eigenvalue weighted by molar-refractivity contribution is 9.10. The lowest BCUT2D eigenvalue weighted by Crippen LogP contribution is -2.21. The number of methoxy groups -OCH3 is 1. The summed E-state index contributed by atoms with van der Waals surface area (Å²) in [5.74, 6) is 0.992. The molecule has 1 aliphatic heterocycles. The minimum absolute atomic E-state index is 0.0282. The van der Waals surface area contributed by atoms with E-state index in [1.165, 1.54) is 0 Å². The molecule has 1 atom stereocenters. The van der Waals surface area contributed by atoms with Crippen LogP contribution >= 0.6 is 27.5 Å². The molecule has 1 aromatic heterocycles. The van der Waals surface area contributed by atoms with Gasteiger partial charge in [-0.15, -0.1) is 5.10 Å². The molecule has 2 heterocycles. The topological polar surface area (TPSA) is 106 Å². The summed E-state index contributed by atoms with van der Waals surface area (Å²) in [6.07, 6.45) is 0. The fraction of sp³-hybridized carbons (Fsp3) is 0.182. The average Bonchev–Trinajstić information content (AvgIpc) is 3.12. The smallest absolute Gasteiger partial charge is 0.244 e. The molecule has 31 heavy (non-hydrogen) atoms. The number of nitrogens with zero attached hydrogens (tertiary/aromatic N) is 2. The van der Waals surface area contributed by atoms with Crippen molar-refractivity contribution in [3.8, 4) is 23.4 Å². The molecule has 0 aliphatic carbocycles. The number of aromatic nitrogens is 2. The quantitative estimate of drug-likeness (QED) is 0.513. The standard InChI is InChI=1S/C22H18BrClN4O3/c1-11-19-20(15(9-25)21(26)31-22(19)28-27-11)14-7-17(29-2)18(8-16(14)23)30-10-12-3-5-13(24)6-4-12/h3-8,20H,10,26H2,1-2H3,(H,27,28)/t20-/m0/s1. The number of rotatable bonds is 5. The van der Waals surface area contributed by atoms with Crippen molar-refractivity contribution >= 4 is 27.5 Å². The van der Waals surface area contributed by atoms with Crippen LogP contribution in [0.2, 0.25) is 5.02 Å². The Kier molecular flexibility index (Phi) is 5.81. The van der Waals surface area contributed by atoms with Gasteiger partial charge in [-0.05, 0) is 42.3 Å². The first-order valence-electron chi connectivity index (χ1n) is 9.30. The summed E-state index contributed by atoms with van der Waals surface area (Å²) in [7, 11) is 1.57. The van der Waals surface area contributed by atoms with Crippen molar-refractivity contribution in [2.24, 2.45) is 5.73 Å². The first-order chi connectivity index (χ1) is 14.9. The van der Waals surface area contributed by atoms with E-state index in [2.05, 4.69) is 32.2 Å². The van der Waals surface area contributed by atoms with E-state index in [9.17, 15) is 5.26 Å². The lowest BCUT2D eigenvalue weighted by Gasteiger charge is -2.25. The summed E-state index contributed by atoms with van der Waals surface area (Å²) in [5.41, 5.74) is 9.61. The summed E-state index contributed by atoms with van der Waals surface area (Å²) in [5, 5.41) is 17.5. The van der Waals surface area contributed by atoms with Crippen LogP contribution in [0.25, 0.3) is 0 Å². The summed E-state index contributed by atoms with van der Waals surface area (Å²) in [6, 6.07) is 13.2. The van der Waals surface area contributed by atoms with E-state index < -0.39 is 5.92 Å². The number of allylic oxidation sites excluding steroid dienone is 1. The number of hydrogen-bond donors (Lipinski definition) is 2. The predicted molar refractivity (Wildman–Crippen MR) is 119 cm³/mol. The highest BCUT2D eigenvalue weighted by Crippen LogP contribution is 2.47. The zero-order chi connectivity index (χ0) is 22.1. The molecule has 3 N–H and O–H groups in total. The number of fused-ring (bicyclic) bond motifs is 1. The molecule has 3 aromatic rings. The minimum Gasteiger partial charge on any atom is -0.493 e. The van der Waals surface area contributed by atoms with Gasteiger partial charge < -0.3 is 19.9 Å². The number of H-pyrrole nitrogens is 1. The van der Waals surface area contributed by atoms with E-state index >= 15 is 0 Å². The zero-order valence-electron chi connectivity index (χ0n) is 16.7. The molecule has 0 spiro atoms. The second-order valence-corrected chi connectivity index (χ2v) is 8.22. The van der Waals surface area contributed by atoms with E-state index in [0.717, 1.165) is 26.9 Å². The van der Waals surface area contributed by atoms with E-state index in [-0.39, 0.29) is 5.88 Å². The second kappa shape index (κ2) is 8.53. The Morgan fingerprint density at radius 2 is 2.03 bits per heavy atom. The third kappa shape index (κ3) is 3.94. The molecule has 0 unspecified atom stereocenters. The van der Waals surface area contributed by atoms with Crippen molar-refractivity contribution in [3.05, 3.63) is 79.7 Å². The molecule has 0 bridgehead atoms. The molecule has 0 saturated heterocycles. The number of hydrogen-bond acceptors (Lipinski definition) is 6. The highest BCUT2D eigenvalue weighted by atomic mass is 79.9. The molecule has 0 saturated carbocycles. The van der Waals surface area contributed by atoms with Crippen molar-refractivity contribution in [2.75, 3.05) is 7.11 Å². The number of halogens is 2. The van der Waals surface area contributed by atoms with E-state index in [1.54, 1.807) is 7.11 Å². The van der Waals surface area contributed by atoms with Gasteiger partial charge in [-0.1, -0.05) is 39.7 Å². The van der Waals surface area contributed by atoms with Crippen LogP contribution in [0.1, 0.15) is 28.3 Å². The van der Waals surface area contributed by atoms with E-state index in [4.69, 9.17) is 31.5 Å². The van der Waals surface area contributed by atoms with Crippen LogP contribution in [0.4, 0.5) is 0 Å². The Bertz CT molecular complexity index is 1210. The SMILES string of the molecule is COc1cc([C@H]2C(C#N)=C(N)Oc3n[nH]c(C)c32)c(Br)cc1OCc1ccc(Cl)cc1. The Labute approximate surface area is 192 Å². The second-order valence-electron chi connectivity index (χ2n) is 6.93. The Hall–Kier alpha value is -3.15. The van der Waals surface area contributed by atoms with Crippen molar-refractivity contribution in [3.63, 3.8) is 0 Å². The Morgan fingerprint density at radius 1 is 1.29 bits per heavy atom. The number of aryl methyl sites for hydroxylation is 1. The van der Waals surface area contributed by atoms with Crippen LogP contribution in [0, 0.1) is 18.3 Å². The largest absolute Gasteiger partial charge is 0.493 e.